The molecule has 2 heterocycles. The number of nitrogens with zero attached hydrogens (tertiary/aromatic N) is 1. The third-order valence-electron chi connectivity index (χ3n) is 5.54. The summed E-state index contributed by atoms with van der Waals surface area (Å²) in [4.78, 5) is 36.3. The lowest BCUT2D eigenvalue weighted by molar-refractivity contribution is -0.142. The van der Waals surface area contributed by atoms with Gasteiger partial charge in [0.15, 0.2) is 6.61 Å². The maximum absolute atomic E-state index is 12.8. The number of primary amides is 1. The van der Waals surface area contributed by atoms with E-state index >= 15 is 0 Å². The lowest BCUT2D eigenvalue weighted by Crippen LogP contribution is -2.24. The van der Waals surface area contributed by atoms with E-state index in [1.165, 1.54) is 7.11 Å². The number of carbonyl (C=O) groups is 3. The fourth-order valence-electron chi connectivity index (χ4n) is 4.29. The number of rotatable bonds is 6. The zero-order valence-electron chi connectivity index (χ0n) is 16.6. The minimum absolute atomic E-state index is 0.0627. The molecule has 0 spiro atoms. The number of carbonyl (C=O) groups excluding carboxylic acids is 3. The van der Waals surface area contributed by atoms with Crippen LogP contribution in [-0.2, 0) is 20.7 Å². The van der Waals surface area contributed by atoms with Crippen LogP contribution in [-0.4, -0.2) is 35.8 Å². The van der Waals surface area contributed by atoms with Crippen molar-refractivity contribution < 1.29 is 23.9 Å². The zero-order chi connectivity index (χ0) is 21.3. The number of Topliss-reactive ketones (excluding diaryl/α,β-unsaturated/α-hetero) is 1. The highest BCUT2D eigenvalue weighted by Gasteiger charge is 2.34. The topological polar surface area (TPSA) is 100 Å². The van der Waals surface area contributed by atoms with Crippen molar-refractivity contribution in [2.45, 2.75) is 25.2 Å². The number of aromatic nitrogens is 1. The largest absolute Gasteiger partial charge is 0.480 e. The van der Waals surface area contributed by atoms with Crippen molar-refractivity contribution in [3.8, 4) is 5.75 Å². The van der Waals surface area contributed by atoms with Crippen molar-refractivity contribution >= 4 is 23.2 Å². The molecule has 4 rings (SSSR count). The summed E-state index contributed by atoms with van der Waals surface area (Å²) in [6.45, 7) is -0.307. The number of ether oxygens (including phenoxy) is 2. The standard InChI is InChI=1S/C23H22N2O5/c1-29-18(26)13-30-17-11-6-12-25-20-15(14-7-3-2-4-8-14)9-5-10-16(20)19(21(17)25)22(27)23(24)28/h2-4,6-8,11-12,15H,5,9-10,13H2,1H3,(H2,24,28). The van der Waals surface area contributed by atoms with Gasteiger partial charge in [-0.25, -0.2) is 4.79 Å². The molecular weight excluding hydrogens is 384 g/mol. The molecule has 0 radical (unpaired) electrons. The first-order valence-electron chi connectivity index (χ1n) is 9.77. The van der Waals surface area contributed by atoms with E-state index < -0.39 is 17.7 Å². The minimum atomic E-state index is -1.02. The molecule has 1 unspecified atom stereocenters. The highest BCUT2D eigenvalue weighted by Crippen LogP contribution is 2.43. The highest BCUT2D eigenvalue weighted by atomic mass is 16.6. The summed E-state index contributed by atoms with van der Waals surface area (Å²) < 4.78 is 12.2. The summed E-state index contributed by atoms with van der Waals surface area (Å²) in [5.74, 6) is -1.92. The maximum atomic E-state index is 12.8. The summed E-state index contributed by atoms with van der Waals surface area (Å²) in [5.41, 5.74) is 9.00. The van der Waals surface area contributed by atoms with E-state index in [-0.39, 0.29) is 18.1 Å². The number of esters is 1. The monoisotopic (exact) mass is 406 g/mol. The predicted molar refractivity (Wildman–Crippen MR) is 110 cm³/mol. The van der Waals surface area contributed by atoms with Crippen LogP contribution in [0.15, 0.2) is 48.7 Å². The number of amides is 1. The summed E-state index contributed by atoms with van der Waals surface area (Å²) in [6.07, 6.45) is 4.30. The van der Waals surface area contributed by atoms with Gasteiger partial charge in [-0.15, -0.1) is 0 Å². The number of methoxy groups -OCH3 is 1. The van der Waals surface area contributed by atoms with Crippen LogP contribution >= 0.6 is 0 Å². The van der Waals surface area contributed by atoms with Gasteiger partial charge in [0.2, 0.25) is 0 Å². The van der Waals surface area contributed by atoms with Crippen LogP contribution in [0.3, 0.4) is 0 Å². The van der Waals surface area contributed by atoms with Gasteiger partial charge in [-0.3, -0.25) is 9.59 Å². The van der Waals surface area contributed by atoms with Gasteiger partial charge in [0.1, 0.15) is 5.75 Å². The Balaban J connectivity index is 1.96. The van der Waals surface area contributed by atoms with Crippen LogP contribution in [0.4, 0.5) is 0 Å². The summed E-state index contributed by atoms with van der Waals surface area (Å²) >= 11 is 0. The van der Waals surface area contributed by atoms with Crippen LogP contribution in [0.5, 0.6) is 5.75 Å². The molecule has 1 aliphatic rings. The van der Waals surface area contributed by atoms with Crippen LogP contribution in [0, 0.1) is 0 Å². The number of ketones is 1. The molecule has 3 aromatic rings. The van der Waals surface area contributed by atoms with Crippen LogP contribution in [0.2, 0.25) is 0 Å². The van der Waals surface area contributed by atoms with E-state index in [4.69, 9.17) is 10.5 Å². The second-order valence-electron chi connectivity index (χ2n) is 7.24. The second kappa shape index (κ2) is 8.02. The van der Waals surface area contributed by atoms with Gasteiger partial charge in [0, 0.05) is 17.8 Å². The average Bonchev–Trinajstić information content (AvgIpc) is 3.12. The molecule has 7 heteroatoms. The van der Waals surface area contributed by atoms with Gasteiger partial charge >= 0.3 is 5.97 Å². The van der Waals surface area contributed by atoms with E-state index in [2.05, 4.69) is 16.9 Å². The summed E-state index contributed by atoms with van der Waals surface area (Å²) in [5, 5.41) is 0. The predicted octanol–water partition coefficient (Wildman–Crippen LogP) is 2.63. The summed E-state index contributed by atoms with van der Waals surface area (Å²) in [7, 11) is 1.27. The quantitative estimate of drug-likeness (QED) is 0.385. The lowest BCUT2D eigenvalue weighted by Gasteiger charge is -2.24. The fourth-order valence-corrected chi connectivity index (χ4v) is 4.29. The lowest BCUT2D eigenvalue weighted by atomic mass is 9.81. The van der Waals surface area contributed by atoms with Crippen LogP contribution < -0.4 is 10.5 Å². The third-order valence-corrected chi connectivity index (χ3v) is 5.54. The molecule has 1 aliphatic carbocycles. The molecule has 1 amide bonds. The van der Waals surface area contributed by atoms with E-state index in [0.717, 1.165) is 29.7 Å². The first kappa shape index (κ1) is 19.7. The minimum Gasteiger partial charge on any atom is -0.480 e. The molecule has 1 aromatic carbocycles. The number of hydrogen-bond acceptors (Lipinski definition) is 5. The van der Waals surface area contributed by atoms with Crippen molar-refractivity contribution in [1.29, 1.82) is 0 Å². The summed E-state index contributed by atoms with van der Waals surface area (Å²) in [6, 6.07) is 13.5. The van der Waals surface area contributed by atoms with Gasteiger partial charge in [-0.2, -0.15) is 0 Å². The Labute approximate surface area is 173 Å². The molecular formula is C23H22N2O5. The Kier molecular flexibility index (Phi) is 5.27. The Morgan fingerprint density at radius 3 is 2.60 bits per heavy atom. The first-order chi connectivity index (χ1) is 14.5. The van der Waals surface area contributed by atoms with Crippen molar-refractivity contribution in [3.63, 3.8) is 0 Å². The molecule has 0 fully saturated rings. The molecule has 0 bridgehead atoms. The smallest absolute Gasteiger partial charge is 0.343 e. The average molecular weight is 406 g/mol. The normalized spacial score (nSPS) is 15.4. The van der Waals surface area contributed by atoms with E-state index in [0.29, 0.717) is 17.7 Å². The number of benzene rings is 1. The zero-order valence-corrected chi connectivity index (χ0v) is 16.6. The van der Waals surface area contributed by atoms with Gasteiger partial charge in [-0.05, 0) is 42.5 Å². The van der Waals surface area contributed by atoms with Crippen molar-refractivity contribution in [2.24, 2.45) is 5.73 Å². The molecule has 7 nitrogen and oxygen atoms in total. The van der Waals surface area contributed by atoms with Gasteiger partial charge in [0.25, 0.3) is 11.7 Å². The molecule has 0 aliphatic heterocycles. The van der Waals surface area contributed by atoms with Gasteiger partial charge in [0.05, 0.1) is 18.2 Å². The molecule has 30 heavy (non-hydrogen) atoms. The van der Waals surface area contributed by atoms with Crippen molar-refractivity contribution in [2.75, 3.05) is 13.7 Å². The molecule has 0 saturated carbocycles. The highest BCUT2D eigenvalue weighted by molar-refractivity contribution is 6.44. The van der Waals surface area contributed by atoms with Crippen molar-refractivity contribution in [3.05, 3.63) is 71.0 Å². The Morgan fingerprint density at radius 1 is 1.13 bits per heavy atom. The molecule has 0 saturated heterocycles. The third kappa shape index (κ3) is 3.32. The van der Waals surface area contributed by atoms with Gasteiger partial charge < -0.3 is 19.6 Å². The molecule has 1 atom stereocenters. The number of pyridine rings is 1. The van der Waals surface area contributed by atoms with Crippen LogP contribution in [0.1, 0.15) is 45.9 Å². The Bertz CT molecular complexity index is 1130. The molecule has 154 valence electrons. The number of nitrogens with two attached hydrogens (primary N) is 1. The fraction of sp³-hybridized carbons (Fsp3) is 0.261. The number of hydrogen-bond donors (Lipinski definition) is 1. The van der Waals surface area contributed by atoms with Crippen molar-refractivity contribution in [1.82, 2.24) is 4.40 Å². The van der Waals surface area contributed by atoms with E-state index in [1.807, 2.05) is 28.8 Å². The van der Waals surface area contributed by atoms with Gasteiger partial charge in [-0.1, -0.05) is 30.3 Å². The van der Waals surface area contributed by atoms with Crippen LogP contribution in [0.25, 0.3) is 5.52 Å². The Hall–Kier alpha value is -3.61. The Morgan fingerprint density at radius 2 is 1.90 bits per heavy atom. The first-order valence-corrected chi connectivity index (χ1v) is 9.77. The van der Waals surface area contributed by atoms with E-state index in [1.54, 1.807) is 12.1 Å². The molecule has 2 N–H and O–H groups in total. The second-order valence-corrected chi connectivity index (χ2v) is 7.24. The maximum Gasteiger partial charge on any atom is 0.343 e. The number of fused-ring (bicyclic) bond motifs is 3. The molecule has 2 aromatic heterocycles. The SMILES string of the molecule is COC(=O)COc1cccn2c3c(c(C(=O)C(N)=O)c12)CCCC3c1ccccc1. The van der Waals surface area contributed by atoms with E-state index in [9.17, 15) is 14.4 Å².